The highest BCUT2D eigenvalue weighted by molar-refractivity contribution is 9.10. The van der Waals surface area contributed by atoms with E-state index in [4.69, 9.17) is 16.3 Å². The molecule has 0 atom stereocenters. The molecular weight excluding hydrogens is 337 g/mol. The minimum atomic E-state index is -0.573. The Labute approximate surface area is 122 Å². The second-order valence-corrected chi connectivity index (χ2v) is 5.09. The van der Waals surface area contributed by atoms with Crippen molar-refractivity contribution in [3.05, 3.63) is 38.7 Å². The molecule has 1 aromatic heterocycles. The zero-order chi connectivity index (χ0) is 14.2. The smallest absolute Gasteiger partial charge is 0.341 e. The van der Waals surface area contributed by atoms with E-state index in [1.54, 1.807) is 13.8 Å². The number of aromatic nitrogens is 1. The summed E-state index contributed by atoms with van der Waals surface area (Å²) in [4.78, 5) is 15.9. The molecule has 0 amide bonds. The largest absolute Gasteiger partial charge is 0.462 e. The number of carbonyl (C=O) groups excluding carboxylic acids is 1. The van der Waals surface area contributed by atoms with Gasteiger partial charge in [0, 0.05) is 11.6 Å². The van der Waals surface area contributed by atoms with Gasteiger partial charge >= 0.3 is 5.97 Å². The number of fused-ring (bicyclic) bond motifs is 1. The molecule has 0 bridgehead atoms. The summed E-state index contributed by atoms with van der Waals surface area (Å²) in [5.41, 5.74) is 1.32. The van der Waals surface area contributed by atoms with Gasteiger partial charge in [-0.1, -0.05) is 11.6 Å². The van der Waals surface area contributed by atoms with Crippen LogP contribution in [0.5, 0.6) is 0 Å². The van der Waals surface area contributed by atoms with Gasteiger partial charge in [-0.25, -0.2) is 9.18 Å². The first-order valence-electron chi connectivity index (χ1n) is 5.57. The molecule has 2 rings (SSSR count). The average molecular weight is 347 g/mol. The van der Waals surface area contributed by atoms with Crippen LogP contribution in [0.25, 0.3) is 10.9 Å². The first kappa shape index (κ1) is 14.2. The molecule has 2 aromatic rings. The topological polar surface area (TPSA) is 39.2 Å². The second kappa shape index (κ2) is 5.43. The summed E-state index contributed by atoms with van der Waals surface area (Å²) in [6, 6.07) is 1.36. The number of halogens is 3. The highest BCUT2D eigenvalue weighted by atomic mass is 79.9. The van der Waals surface area contributed by atoms with Crippen LogP contribution >= 0.6 is 27.5 Å². The predicted octanol–water partition coefficient (Wildman–Crippen LogP) is 4.27. The lowest BCUT2D eigenvalue weighted by molar-refractivity contribution is 0.0526. The van der Waals surface area contributed by atoms with Gasteiger partial charge in [0.1, 0.15) is 5.82 Å². The fourth-order valence-electron chi connectivity index (χ4n) is 1.78. The van der Waals surface area contributed by atoms with E-state index in [0.717, 1.165) is 0 Å². The molecule has 0 radical (unpaired) electrons. The summed E-state index contributed by atoms with van der Waals surface area (Å²) < 4.78 is 18.8. The number of rotatable bonds is 2. The van der Waals surface area contributed by atoms with Gasteiger partial charge in [0.25, 0.3) is 0 Å². The highest BCUT2D eigenvalue weighted by Gasteiger charge is 2.19. The predicted molar refractivity (Wildman–Crippen MR) is 75.1 cm³/mol. The summed E-state index contributed by atoms with van der Waals surface area (Å²) in [5.74, 6) is -1.02. The van der Waals surface area contributed by atoms with E-state index in [1.807, 2.05) is 0 Å². The molecule has 3 nitrogen and oxygen atoms in total. The van der Waals surface area contributed by atoms with Crippen molar-refractivity contribution in [1.82, 2.24) is 4.98 Å². The quantitative estimate of drug-likeness (QED) is 0.762. The van der Waals surface area contributed by atoms with Crippen molar-refractivity contribution in [2.45, 2.75) is 13.8 Å². The zero-order valence-corrected chi connectivity index (χ0v) is 12.6. The van der Waals surface area contributed by atoms with Crippen LogP contribution in [0, 0.1) is 12.7 Å². The normalized spacial score (nSPS) is 10.8. The molecule has 0 spiro atoms. The van der Waals surface area contributed by atoms with Gasteiger partial charge in [-0.3, -0.25) is 4.98 Å². The Kier molecular flexibility index (Phi) is 4.06. The molecule has 1 heterocycles. The lowest BCUT2D eigenvalue weighted by atomic mass is 10.1. The van der Waals surface area contributed by atoms with Crippen LogP contribution in [0.3, 0.4) is 0 Å². The van der Waals surface area contributed by atoms with Gasteiger partial charge in [0.2, 0.25) is 0 Å². The molecule has 0 unspecified atom stereocenters. The Hall–Kier alpha value is -1.20. The molecular formula is C13H10BrClFNO2. The standard InChI is InChI=1S/C13H10BrClFNO2/c1-3-19-13(18)7-5-17-12-6(2)4-8(16)10(14)9(12)11(7)15/h4-5H,3H2,1-2H3. The number of hydrogen-bond acceptors (Lipinski definition) is 3. The van der Waals surface area contributed by atoms with Crippen molar-refractivity contribution in [1.29, 1.82) is 0 Å². The summed E-state index contributed by atoms with van der Waals surface area (Å²) in [6.45, 7) is 3.65. The van der Waals surface area contributed by atoms with Crippen LogP contribution in [0.1, 0.15) is 22.8 Å². The summed E-state index contributed by atoms with van der Waals surface area (Å²) >= 11 is 9.32. The summed E-state index contributed by atoms with van der Waals surface area (Å²) in [5, 5.41) is 0.516. The minimum Gasteiger partial charge on any atom is -0.462 e. The monoisotopic (exact) mass is 345 g/mol. The molecule has 100 valence electrons. The Bertz CT molecular complexity index is 675. The van der Waals surface area contributed by atoms with Gasteiger partial charge in [-0.15, -0.1) is 0 Å². The lowest BCUT2D eigenvalue weighted by Gasteiger charge is -2.10. The van der Waals surface area contributed by atoms with Crippen molar-refractivity contribution >= 4 is 44.4 Å². The SMILES string of the molecule is CCOC(=O)c1cnc2c(C)cc(F)c(Br)c2c1Cl. The van der Waals surface area contributed by atoms with E-state index < -0.39 is 11.8 Å². The first-order valence-corrected chi connectivity index (χ1v) is 6.74. The lowest BCUT2D eigenvalue weighted by Crippen LogP contribution is -2.07. The highest BCUT2D eigenvalue weighted by Crippen LogP contribution is 2.35. The Morgan fingerprint density at radius 2 is 2.26 bits per heavy atom. The zero-order valence-electron chi connectivity index (χ0n) is 10.3. The van der Waals surface area contributed by atoms with Crippen LogP contribution in [0.2, 0.25) is 5.02 Å². The van der Waals surface area contributed by atoms with Crippen LogP contribution in [0.15, 0.2) is 16.7 Å². The van der Waals surface area contributed by atoms with Gasteiger partial charge < -0.3 is 4.74 Å². The van der Waals surface area contributed by atoms with E-state index in [9.17, 15) is 9.18 Å². The van der Waals surface area contributed by atoms with Crippen LogP contribution in [0.4, 0.5) is 4.39 Å². The Morgan fingerprint density at radius 3 is 2.89 bits per heavy atom. The minimum absolute atomic E-state index is 0.127. The van der Waals surface area contributed by atoms with Crippen LogP contribution in [-0.2, 0) is 4.74 Å². The first-order chi connectivity index (χ1) is 8.97. The molecule has 0 aliphatic heterocycles. The van der Waals surface area contributed by atoms with E-state index in [1.165, 1.54) is 12.3 Å². The number of aryl methyl sites for hydroxylation is 1. The van der Waals surface area contributed by atoms with Crippen molar-refractivity contribution < 1.29 is 13.9 Å². The van der Waals surface area contributed by atoms with Gasteiger partial charge in [-0.2, -0.15) is 0 Å². The Morgan fingerprint density at radius 1 is 1.58 bits per heavy atom. The molecule has 1 aromatic carbocycles. The van der Waals surface area contributed by atoms with Crippen LogP contribution < -0.4 is 0 Å². The average Bonchev–Trinajstić information content (AvgIpc) is 2.36. The second-order valence-electron chi connectivity index (χ2n) is 3.92. The van der Waals surface area contributed by atoms with Gasteiger partial charge in [-0.05, 0) is 41.4 Å². The number of benzene rings is 1. The number of pyridine rings is 1. The molecule has 0 fully saturated rings. The van der Waals surface area contributed by atoms with Crippen molar-refractivity contribution in [2.24, 2.45) is 0 Å². The third kappa shape index (κ3) is 2.44. The maximum atomic E-state index is 13.7. The summed E-state index contributed by atoms with van der Waals surface area (Å²) in [7, 11) is 0. The Balaban J connectivity index is 2.77. The summed E-state index contributed by atoms with van der Waals surface area (Å²) in [6.07, 6.45) is 1.35. The molecule has 0 aliphatic rings. The molecule has 19 heavy (non-hydrogen) atoms. The number of hydrogen-bond donors (Lipinski definition) is 0. The maximum Gasteiger partial charge on any atom is 0.341 e. The third-order valence-electron chi connectivity index (χ3n) is 2.66. The molecule has 6 heteroatoms. The molecule has 0 saturated heterocycles. The van der Waals surface area contributed by atoms with E-state index in [-0.39, 0.29) is 21.7 Å². The van der Waals surface area contributed by atoms with Gasteiger partial charge in [0.15, 0.2) is 0 Å². The van der Waals surface area contributed by atoms with Crippen molar-refractivity contribution in [2.75, 3.05) is 6.61 Å². The molecule has 0 N–H and O–H groups in total. The number of nitrogens with zero attached hydrogens (tertiary/aromatic N) is 1. The maximum absolute atomic E-state index is 13.7. The fraction of sp³-hybridized carbons (Fsp3) is 0.231. The van der Waals surface area contributed by atoms with Crippen molar-refractivity contribution in [3.8, 4) is 0 Å². The number of ether oxygens (including phenoxy) is 1. The van der Waals surface area contributed by atoms with Crippen LogP contribution in [-0.4, -0.2) is 17.6 Å². The van der Waals surface area contributed by atoms with E-state index >= 15 is 0 Å². The fourth-order valence-corrected chi connectivity index (χ4v) is 2.71. The van der Waals surface area contributed by atoms with E-state index in [0.29, 0.717) is 16.5 Å². The van der Waals surface area contributed by atoms with Gasteiger partial charge in [0.05, 0.1) is 27.2 Å². The van der Waals surface area contributed by atoms with Crippen molar-refractivity contribution in [3.63, 3.8) is 0 Å². The number of esters is 1. The number of carbonyl (C=O) groups is 1. The van der Waals surface area contributed by atoms with E-state index in [2.05, 4.69) is 20.9 Å². The molecule has 0 aliphatic carbocycles. The third-order valence-corrected chi connectivity index (χ3v) is 3.82. The molecule has 0 saturated carbocycles.